The second-order valence-electron chi connectivity index (χ2n) is 6.04. The van der Waals surface area contributed by atoms with Crippen LogP contribution < -0.4 is 5.56 Å². The van der Waals surface area contributed by atoms with Gasteiger partial charge in [0.15, 0.2) is 5.82 Å². The van der Waals surface area contributed by atoms with Crippen LogP contribution in [-0.4, -0.2) is 29.5 Å². The fraction of sp³-hybridized carbons (Fsp3) is 0.105. The van der Waals surface area contributed by atoms with Gasteiger partial charge in [-0.25, -0.2) is 14.6 Å². The van der Waals surface area contributed by atoms with Crippen molar-refractivity contribution in [1.29, 1.82) is 0 Å². The molecule has 0 aliphatic rings. The third kappa shape index (κ3) is 3.85. The zero-order chi connectivity index (χ0) is 18.8. The van der Waals surface area contributed by atoms with Gasteiger partial charge in [-0.05, 0) is 33.6 Å². The van der Waals surface area contributed by atoms with Gasteiger partial charge < -0.3 is 0 Å². The van der Waals surface area contributed by atoms with E-state index in [4.69, 9.17) is 0 Å². The Labute approximate surface area is 163 Å². The van der Waals surface area contributed by atoms with Crippen molar-refractivity contribution in [3.63, 3.8) is 0 Å². The summed E-state index contributed by atoms with van der Waals surface area (Å²) in [5.41, 5.74) is 3.24. The monoisotopic (exact) mass is 422 g/mol. The van der Waals surface area contributed by atoms with Crippen LogP contribution in [0.3, 0.4) is 0 Å². The molecule has 0 fully saturated rings. The number of hydrogen-bond acceptors (Lipinski definition) is 5. The Bertz CT molecular complexity index is 1150. The van der Waals surface area contributed by atoms with Crippen LogP contribution in [-0.2, 0) is 13.6 Å². The van der Waals surface area contributed by atoms with Crippen LogP contribution in [0.4, 0.5) is 0 Å². The zero-order valence-electron chi connectivity index (χ0n) is 14.5. The highest BCUT2D eigenvalue weighted by Gasteiger charge is 2.08. The third-order valence-electron chi connectivity index (χ3n) is 4.01. The first-order valence-corrected chi connectivity index (χ1v) is 9.02. The van der Waals surface area contributed by atoms with Gasteiger partial charge in [0.05, 0.1) is 22.9 Å². The van der Waals surface area contributed by atoms with Gasteiger partial charge in [-0.2, -0.15) is 10.2 Å². The van der Waals surface area contributed by atoms with Gasteiger partial charge in [-0.3, -0.25) is 9.48 Å². The number of rotatable bonds is 4. The summed E-state index contributed by atoms with van der Waals surface area (Å²) in [4.78, 5) is 20.9. The Kier molecular flexibility index (Phi) is 4.64. The molecular formula is C19H15BrN6O. The molecule has 0 saturated heterocycles. The Hall–Kier alpha value is -3.13. The number of nitrogens with zero attached hydrogens (tertiary/aromatic N) is 6. The lowest BCUT2D eigenvalue weighted by Gasteiger charge is -2.08. The minimum atomic E-state index is -0.159. The van der Waals surface area contributed by atoms with E-state index in [0.717, 1.165) is 21.2 Å². The molecule has 0 amide bonds. The van der Waals surface area contributed by atoms with Crippen molar-refractivity contribution < 1.29 is 0 Å². The van der Waals surface area contributed by atoms with Crippen LogP contribution in [0, 0.1) is 0 Å². The van der Waals surface area contributed by atoms with E-state index in [2.05, 4.69) is 36.1 Å². The Balaban J connectivity index is 1.65. The average molecular weight is 423 g/mol. The van der Waals surface area contributed by atoms with Gasteiger partial charge in [0, 0.05) is 42.8 Å². The second kappa shape index (κ2) is 7.24. The molecule has 0 aliphatic heterocycles. The summed E-state index contributed by atoms with van der Waals surface area (Å²) in [7, 11) is 1.84. The summed E-state index contributed by atoms with van der Waals surface area (Å²) in [6.07, 6.45) is 7.00. The Morgan fingerprint density at radius 2 is 1.85 bits per heavy atom. The van der Waals surface area contributed by atoms with Crippen molar-refractivity contribution in [3.05, 3.63) is 81.6 Å². The van der Waals surface area contributed by atoms with Crippen LogP contribution in [0.5, 0.6) is 0 Å². The molecule has 0 N–H and O–H groups in total. The van der Waals surface area contributed by atoms with Gasteiger partial charge in [-0.15, -0.1) is 0 Å². The lowest BCUT2D eigenvalue weighted by Crippen LogP contribution is -2.22. The van der Waals surface area contributed by atoms with Gasteiger partial charge in [-0.1, -0.05) is 18.2 Å². The molecule has 7 nitrogen and oxygen atoms in total. The Morgan fingerprint density at radius 3 is 2.59 bits per heavy atom. The maximum absolute atomic E-state index is 12.3. The molecule has 0 spiro atoms. The average Bonchev–Trinajstić information content (AvgIpc) is 3.11. The van der Waals surface area contributed by atoms with E-state index in [1.807, 2.05) is 37.5 Å². The SMILES string of the molecule is Cn1cc(-c2ccc(=O)n(Cc3cccc(-c4ncc(Br)cn4)c3)n2)cn1. The number of aromatic nitrogens is 6. The quantitative estimate of drug-likeness (QED) is 0.505. The lowest BCUT2D eigenvalue weighted by atomic mass is 10.1. The third-order valence-corrected chi connectivity index (χ3v) is 4.41. The van der Waals surface area contributed by atoms with E-state index in [1.165, 1.54) is 10.7 Å². The van der Waals surface area contributed by atoms with Gasteiger partial charge in [0.1, 0.15) is 0 Å². The van der Waals surface area contributed by atoms with E-state index in [9.17, 15) is 4.79 Å². The lowest BCUT2D eigenvalue weighted by molar-refractivity contribution is 0.643. The van der Waals surface area contributed by atoms with E-state index in [1.54, 1.807) is 29.3 Å². The molecule has 0 saturated carbocycles. The molecular weight excluding hydrogens is 408 g/mol. The number of benzene rings is 1. The first-order valence-electron chi connectivity index (χ1n) is 8.22. The minimum absolute atomic E-state index is 0.159. The summed E-state index contributed by atoms with van der Waals surface area (Å²) in [5.74, 6) is 0.629. The molecule has 0 atom stereocenters. The second-order valence-corrected chi connectivity index (χ2v) is 6.96. The maximum Gasteiger partial charge on any atom is 0.267 e. The van der Waals surface area contributed by atoms with Crippen molar-refractivity contribution in [2.75, 3.05) is 0 Å². The summed E-state index contributed by atoms with van der Waals surface area (Å²) in [6.45, 7) is 0.358. The smallest absolute Gasteiger partial charge is 0.267 e. The van der Waals surface area contributed by atoms with Crippen molar-refractivity contribution in [1.82, 2.24) is 29.5 Å². The largest absolute Gasteiger partial charge is 0.275 e. The highest BCUT2D eigenvalue weighted by Crippen LogP contribution is 2.18. The molecule has 134 valence electrons. The van der Waals surface area contributed by atoms with Crippen molar-refractivity contribution >= 4 is 15.9 Å². The molecule has 4 aromatic rings. The highest BCUT2D eigenvalue weighted by atomic mass is 79.9. The Morgan fingerprint density at radius 1 is 1.04 bits per heavy atom. The molecule has 4 rings (SSSR count). The summed E-state index contributed by atoms with van der Waals surface area (Å²) >= 11 is 3.33. The summed E-state index contributed by atoms with van der Waals surface area (Å²) in [5, 5.41) is 8.63. The van der Waals surface area contributed by atoms with Gasteiger partial charge in [0.25, 0.3) is 5.56 Å². The number of hydrogen-bond donors (Lipinski definition) is 0. The fourth-order valence-corrected chi connectivity index (χ4v) is 2.92. The molecule has 0 aliphatic carbocycles. The molecule has 1 aromatic carbocycles. The predicted octanol–water partition coefficient (Wildman–Crippen LogP) is 2.91. The van der Waals surface area contributed by atoms with Gasteiger partial charge in [0.2, 0.25) is 0 Å². The van der Waals surface area contributed by atoms with Crippen molar-refractivity contribution in [2.24, 2.45) is 7.05 Å². The molecule has 3 aromatic heterocycles. The molecule has 27 heavy (non-hydrogen) atoms. The van der Waals surface area contributed by atoms with E-state index in [0.29, 0.717) is 18.1 Å². The molecule has 0 unspecified atom stereocenters. The van der Waals surface area contributed by atoms with Crippen LogP contribution >= 0.6 is 15.9 Å². The van der Waals surface area contributed by atoms with Crippen LogP contribution in [0.15, 0.2) is 70.5 Å². The predicted molar refractivity (Wildman–Crippen MR) is 105 cm³/mol. The molecule has 8 heteroatoms. The minimum Gasteiger partial charge on any atom is -0.275 e. The molecule has 0 radical (unpaired) electrons. The number of halogens is 1. The first kappa shape index (κ1) is 17.3. The normalized spacial score (nSPS) is 10.9. The molecule has 0 bridgehead atoms. The topological polar surface area (TPSA) is 78.5 Å². The molecule has 3 heterocycles. The van der Waals surface area contributed by atoms with Gasteiger partial charge >= 0.3 is 0 Å². The standard InChI is InChI=1S/C19H15BrN6O/c1-25-12-15(8-23-25)17-5-6-18(27)26(24-17)11-13-3-2-4-14(7-13)19-21-9-16(20)10-22-19/h2-10,12H,11H2,1H3. The maximum atomic E-state index is 12.3. The first-order chi connectivity index (χ1) is 13.1. The van der Waals surface area contributed by atoms with E-state index < -0.39 is 0 Å². The van der Waals surface area contributed by atoms with Crippen molar-refractivity contribution in [2.45, 2.75) is 6.54 Å². The van der Waals surface area contributed by atoms with Crippen LogP contribution in [0.1, 0.15) is 5.56 Å². The zero-order valence-corrected chi connectivity index (χ0v) is 16.0. The van der Waals surface area contributed by atoms with Crippen molar-refractivity contribution in [3.8, 4) is 22.6 Å². The van der Waals surface area contributed by atoms with E-state index >= 15 is 0 Å². The van der Waals surface area contributed by atoms with Crippen LogP contribution in [0.25, 0.3) is 22.6 Å². The summed E-state index contributed by atoms with van der Waals surface area (Å²) < 4.78 is 3.98. The summed E-state index contributed by atoms with van der Waals surface area (Å²) in [6, 6.07) is 11.0. The fourth-order valence-electron chi connectivity index (χ4n) is 2.71. The highest BCUT2D eigenvalue weighted by molar-refractivity contribution is 9.10. The van der Waals surface area contributed by atoms with E-state index in [-0.39, 0.29) is 5.56 Å². The number of aryl methyl sites for hydroxylation is 1. The van der Waals surface area contributed by atoms with Crippen LogP contribution in [0.2, 0.25) is 0 Å².